The van der Waals surface area contributed by atoms with Crippen molar-refractivity contribution in [3.63, 3.8) is 0 Å². The molecule has 0 N–H and O–H groups in total. The maximum absolute atomic E-state index is 13.0. The highest BCUT2D eigenvalue weighted by molar-refractivity contribution is 7.99. The molecule has 9 heteroatoms. The predicted molar refractivity (Wildman–Crippen MR) is 145 cm³/mol. The standard InChI is InChI=1S/C25H30N4O2S2.ClH/c1-2-27-11-13-28(14-12-27)25-23-6-4-3-5-21(23)19-24(26-25)20-7-9-22(10-8-20)33(30,31)29-15-17-32-18-16-29;/h3-10,19H,2,11-18H2,1H3;1H. The van der Waals surface area contributed by atoms with Gasteiger partial charge in [0.25, 0.3) is 0 Å². The van der Waals surface area contributed by atoms with Gasteiger partial charge in [-0.15, -0.1) is 12.4 Å². The number of thioether (sulfide) groups is 1. The van der Waals surface area contributed by atoms with Crippen LogP contribution in [0.3, 0.4) is 0 Å². The molecule has 2 fully saturated rings. The second kappa shape index (κ2) is 10.8. The number of aromatic nitrogens is 1. The summed E-state index contributed by atoms with van der Waals surface area (Å²) in [5, 5.41) is 2.31. The summed E-state index contributed by atoms with van der Waals surface area (Å²) < 4.78 is 27.6. The van der Waals surface area contributed by atoms with Gasteiger partial charge in [0.05, 0.1) is 10.6 Å². The third-order valence-corrected chi connectivity index (χ3v) is 9.45. The smallest absolute Gasteiger partial charge is 0.243 e. The third kappa shape index (κ3) is 5.06. The summed E-state index contributed by atoms with van der Waals surface area (Å²) in [6, 6.07) is 17.7. The van der Waals surface area contributed by atoms with E-state index in [-0.39, 0.29) is 12.4 Å². The number of halogens is 1. The van der Waals surface area contributed by atoms with Crippen molar-refractivity contribution in [2.45, 2.75) is 11.8 Å². The summed E-state index contributed by atoms with van der Waals surface area (Å²) in [5.74, 6) is 2.72. The minimum absolute atomic E-state index is 0. The lowest BCUT2D eigenvalue weighted by atomic mass is 10.1. The minimum Gasteiger partial charge on any atom is -0.354 e. The van der Waals surface area contributed by atoms with Crippen LogP contribution in [0.1, 0.15) is 6.92 Å². The van der Waals surface area contributed by atoms with E-state index in [0.717, 1.165) is 72.1 Å². The molecule has 6 nitrogen and oxygen atoms in total. The molecule has 0 bridgehead atoms. The van der Waals surface area contributed by atoms with Crippen molar-refractivity contribution in [1.29, 1.82) is 0 Å². The van der Waals surface area contributed by atoms with Gasteiger partial charge in [0.2, 0.25) is 10.0 Å². The van der Waals surface area contributed by atoms with Crippen molar-refractivity contribution in [2.24, 2.45) is 0 Å². The Labute approximate surface area is 212 Å². The topological polar surface area (TPSA) is 56.8 Å². The van der Waals surface area contributed by atoms with Crippen LogP contribution in [0.15, 0.2) is 59.5 Å². The fraction of sp³-hybridized carbons (Fsp3) is 0.400. The van der Waals surface area contributed by atoms with Gasteiger partial charge in [-0.3, -0.25) is 0 Å². The molecule has 0 aliphatic carbocycles. The molecule has 34 heavy (non-hydrogen) atoms. The molecule has 2 saturated heterocycles. The Hall–Kier alpha value is -1.84. The molecular formula is C25H31ClN4O2S2. The van der Waals surface area contributed by atoms with Gasteiger partial charge in [-0.05, 0) is 30.1 Å². The summed E-state index contributed by atoms with van der Waals surface area (Å²) in [4.78, 5) is 10.3. The Morgan fingerprint density at radius 1 is 0.912 bits per heavy atom. The highest BCUT2D eigenvalue weighted by Crippen LogP contribution is 2.31. The van der Waals surface area contributed by atoms with E-state index in [1.807, 2.05) is 12.1 Å². The number of hydrogen-bond donors (Lipinski definition) is 0. The maximum Gasteiger partial charge on any atom is 0.243 e. The average molecular weight is 519 g/mol. The number of likely N-dealkylation sites (N-methyl/N-ethyl adjacent to an activating group) is 1. The zero-order chi connectivity index (χ0) is 22.8. The Kier molecular flexibility index (Phi) is 8.05. The first-order valence-corrected chi connectivity index (χ1v) is 14.2. The molecule has 0 saturated carbocycles. The first-order valence-electron chi connectivity index (χ1n) is 11.6. The normalized spacial score (nSPS) is 18.1. The molecule has 3 aromatic rings. The Morgan fingerprint density at radius 3 is 2.26 bits per heavy atom. The Bertz CT molecular complexity index is 1220. The Balaban J connectivity index is 0.00000274. The van der Waals surface area contributed by atoms with Crippen LogP contribution in [0, 0.1) is 0 Å². The number of anilines is 1. The minimum atomic E-state index is -3.44. The van der Waals surface area contributed by atoms with Crippen molar-refractivity contribution >= 4 is 50.8 Å². The Morgan fingerprint density at radius 2 is 1.59 bits per heavy atom. The average Bonchev–Trinajstić information content (AvgIpc) is 2.88. The molecule has 0 atom stereocenters. The number of sulfonamides is 1. The number of pyridine rings is 1. The van der Waals surface area contributed by atoms with Crippen LogP contribution in [0.25, 0.3) is 22.0 Å². The van der Waals surface area contributed by atoms with E-state index in [2.05, 4.69) is 47.1 Å². The van der Waals surface area contributed by atoms with Gasteiger partial charge in [0.15, 0.2) is 0 Å². The first-order chi connectivity index (χ1) is 16.1. The van der Waals surface area contributed by atoms with Crippen LogP contribution in [-0.2, 0) is 10.0 Å². The molecule has 0 spiro atoms. The molecular weight excluding hydrogens is 488 g/mol. The highest BCUT2D eigenvalue weighted by atomic mass is 35.5. The summed E-state index contributed by atoms with van der Waals surface area (Å²) >= 11 is 1.80. The van der Waals surface area contributed by atoms with Gasteiger partial charge in [0.1, 0.15) is 5.82 Å². The van der Waals surface area contributed by atoms with E-state index in [1.54, 1.807) is 28.2 Å². The van der Waals surface area contributed by atoms with Gasteiger partial charge in [0, 0.05) is 61.7 Å². The van der Waals surface area contributed by atoms with E-state index in [0.29, 0.717) is 18.0 Å². The quantitative estimate of drug-likeness (QED) is 0.504. The van der Waals surface area contributed by atoms with Gasteiger partial charge in [-0.1, -0.05) is 43.3 Å². The lowest BCUT2D eigenvalue weighted by Crippen LogP contribution is -2.46. The second-order valence-corrected chi connectivity index (χ2v) is 11.7. The zero-order valence-corrected chi connectivity index (χ0v) is 21.8. The van der Waals surface area contributed by atoms with E-state index in [4.69, 9.17) is 4.98 Å². The van der Waals surface area contributed by atoms with Crippen LogP contribution >= 0.6 is 24.2 Å². The van der Waals surface area contributed by atoms with E-state index in [1.165, 1.54) is 0 Å². The summed E-state index contributed by atoms with van der Waals surface area (Å²) in [7, 11) is -3.44. The summed E-state index contributed by atoms with van der Waals surface area (Å²) in [6.07, 6.45) is 0. The fourth-order valence-electron chi connectivity index (χ4n) is 4.58. The maximum atomic E-state index is 13.0. The van der Waals surface area contributed by atoms with Crippen molar-refractivity contribution in [3.05, 3.63) is 54.6 Å². The lowest BCUT2D eigenvalue weighted by Gasteiger charge is -2.35. The highest BCUT2D eigenvalue weighted by Gasteiger charge is 2.26. The monoisotopic (exact) mass is 518 g/mol. The van der Waals surface area contributed by atoms with Gasteiger partial charge >= 0.3 is 0 Å². The molecule has 1 aromatic heterocycles. The van der Waals surface area contributed by atoms with Gasteiger partial charge in [-0.25, -0.2) is 13.4 Å². The predicted octanol–water partition coefficient (Wildman–Crippen LogP) is 4.20. The van der Waals surface area contributed by atoms with Gasteiger partial charge < -0.3 is 9.80 Å². The molecule has 2 aliphatic rings. The van der Waals surface area contributed by atoms with Crippen molar-refractivity contribution in [2.75, 3.05) is 62.2 Å². The van der Waals surface area contributed by atoms with E-state index in [9.17, 15) is 8.42 Å². The largest absolute Gasteiger partial charge is 0.354 e. The molecule has 2 aliphatic heterocycles. The SMILES string of the molecule is CCN1CCN(c2nc(-c3ccc(S(=O)(=O)N4CCSCC4)cc3)cc3ccccc23)CC1.Cl. The van der Waals surface area contributed by atoms with E-state index < -0.39 is 10.0 Å². The van der Waals surface area contributed by atoms with Crippen molar-refractivity contribution in [1.82, 2.24) is 14.2 Å². The van der Waals surface area contributed by atoms with E-state index >= 15 is 0 Å². The molecule has 5 rings (SSSR count). The molecule has 2 aromatic carbocycles. The van der Waals surface area contributed by atoms with Crippen LogP contribution < -0.4 is 4.90 Å². The van der Waals surface area contributed by atoms with Crippen molar-refractivity contribution in [3.8, 4) is 11.3 Å². The lowest BCUT2D eigenvalue weighted by molar-refractivity contribution is 0.271. The molecule has 3 heterocycles. The molecule has 0 radical (unpaired) electrons. The zero-order valence-electron chi connectivity index (χ0n) is 19.4. The number of benzene rings is 2. The number of hydrogen-bond acceptors (Lipinski definition) is 6. The molecule has 182 valence electrons. The van der Waals surface area contributed by atoms with Crippen molar-refractivity contribution < 1.29 is 8.42 Å². The number of nitrogens with zero attached hydrogens (tertiary/aromatic N) is 4. The summed E-state index contributed by atoms with van der Waals surface area (Å²) in [6.45, 7) is 8.44. The fourth-order valence-corrected chi connectivity index (χ4v) is 7.15. The number of piperazine rings is 1. The molecule has 0 amide bonds. The van der Waals surface area contributed by atoms with Crippen LogP contribution in [-0.4, -0.2) is 79.9 Å². The van der Waals surface area contributed by atoms with Crippen LogP contribution in [0.5, 0.6) is 0 Å². The second-order valence-electron chi connectivity index (χ2n) is 8.51. The first kappa shape index (κ1) is 25.3. The third-order valence-electron chi connectivity index (χ3n) is 6.60. The number of rotatable bonds is 5. The molecule has 0 unspecified atom stereocenters. The van der Waals surface area contributed by atoms with Gasteiger partial charge in [-0.2, -0.15) is 16.1 Å². The summed E-state index contributed by atoms with van der Waals surface area (Å²) in [5.41, 5.74) is 1.81. The van der Waals surface area contributed by atoms with Crippen LogP contribution in [0.4, 0.5) is 5.82 Å². The number of fused-ring (bicyclic) bond motifs is 1. The van der Waals surface area contributed by atoms with Crippen LogP contribution in [0.2, 0.25) is 0 Å².